The zero-order valence-corrected chi connectivity index (χ0v) is 18.6. The summed E-state index contributed by atoms with van der Waals surface area (Å²) in [5.41, 5.74) is 0.661. The molecule has 1 aromatic rings. The molecule has 27 heavy (non-hydrogen) atoms. The summed E-state index contributed by atoms with van der Waals surface area (Å²) in [7, 11) is 1.70. The van der Waals surface area contributed by atoms with Crippen molar-refractivity contribution in [1.29, 1.82) is 0 Å². The summed E-state index contributed by atoms with van der Waals surface area (Å²) in [6, 6.07) is 7.18. The first kappa shape index (κ1) is 23.9. The van der Waals surface area contributed by atoms with Crippen LogP contribution in [0.4, 0.5) is 8.78 Å². The average molecular weight is 496 g/mol. The van der Waals surface area contributed by atoms with Gasteiger partial charge in [0, 0.05) is 38.3 Å². The van der Waals surface area contributed by atoms with Gasteiger partial charge in [-0.2, -0.15) is 8.78 Å². The van der Waals surface area contributed by atoms with Crippen LogP contribution >= 0.6 is 24.0 Å². The van der Waals surface area contributed by atoms with E-state index in [2.05, 4.69) is 39.1 Å². The fourth-order valence-corrected chi connectivity index (χ4v) is 3.26. The number of piperidine rings is 1. The number of rotatable bonds is 7. The van der Waals surface area contributed by atoms with Crippen LogP contribution in [0.2, 0.25) is 0 Å². The van der Waals surface area contributed by atoms with Crippen molar-refractivity contribution in [3.05, 3.63) is 29.8 Å². The molecule has 1 heterocycles. The topological polar surface area (TPSA) is 48.9 Å². The summed E-state index contributed by atoms with van der Waals surface area (Å²) < 4.78 is 29.6. The second-order valence-electron chi connectivity index (χ2n) is 6.88. The Kier molecular flexibility index (Phi) is 10.9. The maximum atomic E-state index is 12.5. The van der Waals surface area contributed by atoms with Gasteiger partial charge in [-0.3, -0.25) is 9.89 Å². The molecule has 0 bridgehead atoms. The van der Waals surface area contributed by atoms with Crippen LogP contribution in [0.25, 0.3) is 0 Å². The lowest BCUT2D eigenvalue weighted by Crippen LogP contribution is -2.48. The number of aliphatic imine (C=N–C) groups is 1. The Morgan fingerprint density at radius 2 is 2.07 bits per heavy atom. The van der Waals surface area contributed by atoms with Crippen molar-refractivity contribution in [3.63, 3.8) is 0 Å². The minimum Gasteiger partial charge on any atom is -0.434 e. The Hall–Kier alpha value is -1.16. The maximum absolute atomic E-state index is 12.5. The number of ether oxygens (including phenoxy) is 1. The first-order chi connectivity index (χ1) is 12.5. The molecule has 1 fully saturated rings. The van der Waals surface area contributed by atoms with E-state index in [4.69, 9.17) is 0 Å². The molecule has 0 spiro atoms. The molecular formula is C19H31F2IN4O. The van der Waals surface area contributed by atoms with Crippen LogP contribution in [0.5, 0.6) is 5.75 Å². The lowest BCUT2D eigenvalue weighted by molar-refractivity contribution is -0.0504. The minimum atomic E-state index is -2.83. The Morgan fingerprint density at radius 1 is 1.33 bits per heavy atom. The van der Waals surface area contributed by atoms with E-state index in [-0.39, 0.29) is 29.7 Å². The minimum absolute atomic E-state index is 0. The van der Waals surface area contributed by atoms with Crippen LogP contribution in [0, 0.1) is 5.92 Å². The number of benzene rings is 1. The van der Waals surface area contributed by atoms with Gasteiger partial charge in [-0.1, -0.05) is 25.1 Å². The number of para-hydroxylation sites is 1. The van der Waals surface area contributed by atoms with Crippen LogP contribution in [0.1, 0.15) is 32.3 Å². The SMILES string of the molecule is CN=C(NCc1ccccc1OC(F)F)NCC(C)N1CCCC(C)C1.I. The molecule has 1 aliphatic heterocycles. The summed E-state index contributed by atoms with van der Waals surface area (Å²) in [5.74, 6) is 1.57. The van der Waals surface area contributed by atoms with Gasteiger partial charge in [0.2, 0.25) is 0 Å². The van der Waals surface area contributed by atoms with Gasteiger partial charge in [0.1, 0.15) is 5.75 Å². The first-order valence-corrected chi connectivity index (χ1v) is 9.21. The predicted molar refractivity (Wildman–Crippen MR) is 116 cm³/mol. The van der Waals surface area contributed by atoms with Crippen LogP contribution in [-0.4, -0.2) is 50.2 Å². The van der Waals surface area contributed by atoms with Crippen LogP contribution < -0.4 is 15.4 Å². The Bertz CT molecular complexity index is 589. The van der Waals surface area contributed by atoms with E-state index < -0.39 is 6.61 Å². The normalized spacial score (nSPS) is 19.3. The highest BCUT2D eigenvalue weighted by Gasteiger charge is 2.20. The third-order valence-electron chi connectivity index (χ3n) is 4.74. The number of halogens is 3. The fourth-order valence-electron chi connectivity index (χ4n) is 3.26. The Morgan fingerprint density at radius 3 is 2.74 bits per heavy atom. The molecule has 1 saturated heterocycles. The van der Waals surface area contributed by atoms with Gasteiger partial charge in [-0.05, 0) is 38.3 Å². The summed E-state index contributed by atoms with van der Waals surface area (Å²) in [6.45, 7) is 5.08. The van der Waals surface area contributed by atoms with Crippen LogP contribution in [-0.2, 0) is 6.54 Å². The number of hydrogen-bond donors (Lipinski definition) is 2. The van der Waals surface area contributed by atoms with Crippen molar-refractivity contribution in [2.75, 3.05) is 26.7 Å². The third-order valence-corrected chi connectivity index (χ3v) is 4.74. The van der Waals surface area contributed by atoms with Gasteiger partial charge in [0.15, 0.2) is 5.96 Å². The molecule has 1 aliphatic rings. The predicted octanol–water partition coefficient (Wildman–Crippen LogP) is 3.69. The lowest BCUT2D eigenvalue weighted by Gasteiger charge is -2.35. The Labute approximate surface area is 178 Å². The monoisotopic (exact) mass is 496 g/mol. The van der Waals surface area contributed by atoms with E-state index in [1.807, 2.05) is 0 Å². The quantitative estimate of drug-likeness (QED) is 0.344. The third kappa shape index (κ3) is 8.16. The van der Waals surface area contributed by atoms with Crippen molar-refractivity contribution in [2.24, 2.45) is 10.9 Å². The van der Waals surface area contributed by atoms with Gasteiger partial charge in [-0.15, -0.1) is 24.0 Å². The second kappa shape index (κ2) is 12.3. The summed E-state index contributed by atoms with van der Waals surface area (Å²) in [6.07, 6.45) is 2.55. The highest BCUT2D eigenvalue weighted by Crippen LogP contribution is 2.20. The molecule has 2 N–H and O–H groups in total. The summed E-state index contributed by atoms with van der Waals surface area (Å²) >= 11 is 0. The van der Waals surface area contributed by atoms with Crippen molar-refractivity contribution >= 4 is 29.9 Å². The summed E-state index contributed by atoms with van der Waals surface area (Å²) in [4.78, 5) is 6.71. The maximum Gasteiger partial charge on any atom is 0.387 e. The highest BCUT2D eigenvalue weighted by atomic mass is 127. The average Bonchev–Trinajstić information content (AvgIpc) is 2.62. The van der Waals surface area contributed by atoms with E-state index in [0.717, 1.165) is 25.6 Å². The van der Waals surface area contributed by atoms with E-state index in [0.29, 0.717) is 24.1 Å². The van der Waals surface area contributed by atoms with Gasteiger partial charge in [0.25, 0.3) is 0 Å². The first-order valence-electron chi connectivity index (χ1n) is 9.21. The molecule has 2 rings (SSSR count). The molecule has 1 aromatic carbocycles. The summed E-state index contributed by atoms with van der Waals surface area (Å²) in [5, 5.41) is 6.48. The van der Waals surface area contributed by atoms with E-state index in [9.17, 15) is 8.78 Å². The van der Waals surface area contributed by atoms with Crippen molar-refractivity contribution in [2.45, 2.75) is 45.9 Å². The van der Waals surface area contributed by atoms with Crippen molar-refractivity contribution < 1.29 is 13.5 Å². The molecule has 0 aromatic heterocycles. The molecule has 0 amide bonds. The van der Waals surface area contributed by atoms with E-state index in [1.54, 1.807) is 31.3 Å². The number of nitrogens with one attached hydrogen (secondary N) is 2. The molecule has 0 aliphatic carbocycles. The van der Waals surface area contributed by atoms with Crippen LogP contribution in [0.15, 0.2) is 29.3 Å². The molecule has 2 unspecified atom stereocenters. The molecule has 0 radical (unpaired) electrons. The number of likely N-dealkylation sites (tertiary alicyclic amines) is 1. The highest BCUT2D eigenvalue weighted by molar-refractivity contribution is 14.0. The molecule has 154 valence electrons. The zero-order chi connectivity index (χ0) is 18.9. The molecule has 2 atom stereocenters. The second-order valence-corrected chi connectivity index (χ2v) is 6.88. The fraction of sp³-hybridized carbons (Fsp3) is 0.632. The molecule has 8 heteroatoms. The van der Waals surface area contributed by atoms with Gasteiger partial charge in [-0.25, -0.2) is 0 Å². The van der Waals surface area contributed by atoms with Crippen LogP contribution in [0.3, 0.4) is 0 Å². The number of guanidine groups is 1. The molecular weight excluding hydrogens is 465 g/mol. The van der Waals surface area contributed by atoms with Gasteiger partial charge < -0.3 is 15.4 Å². The zero-order valence-electron chi connectivity index (χ0n) is 16.3. The molecule has 5 nitrogen and oxygen atoms in total. The van der Waals surface area contributed by atoms with Gasteiger partial charge in [0.05, 0.1) is 0 Å². The number of hydrogen-bond acceptors (Lipinski definition) is 3. The van der Waals surface area contributed by atoms with E-state index >= 15 is 0 Å². The lowest BCUT2D eigenvalue weighted by atomic mass is 9.99. The standard InChI is InChI=1S/C19H30F2N4O.HI/c1-14-7-6-10-25(13-14)15(2)11-23-19(22-3)24-12-16-8-4-5-9-17(16)26-18(20)21;/h4-5,8-9,14-15,18H,6-7,10-13H2,1-3H3,(H2,22,23,24);1H. The van der Waals surface area contributed by atoms with Crippen molar-refractivity contribution in [3.8, 4) is 5.75 Å². The largest absolute Gasteiger partial charge is 0.434 e. The smallest absolute Gasteiger partial charge is 0.387 e. The molecule has 0 saturated carbocycles. The Balaban J connectivity index is 0.00000364. The number of alkyl halides is 2. The van der Waals surface area contributed by atoms with Crippen molar-refractivity contribution in [1.82, 2.24) is 15.5 Å². The van der Waals surface area contributed by atoms with E-state index in [1.165, 1.54) is 12.8 Å². The number of nitrogens with zero attached hydrogens (tertiary/aromatic N) is 2. The van der Waals surface area contributed by atoms with Gasteiger partial charge >= 0.3 is 6.61 Å².